The predicted molar refractivity (Wildman–Crippen MR) is 75.0 cm³/mol. The fraction of sp³-hybridized carbons (Fsp3) is 0.231. The Bertz CT molecular complexity index is 608. The maximum Gasteiger partial charge on any atom is 0.276 e. The molecule has 1 aromatic carbocycles. The molecule has 5 nitrogen and oxygen atoms in total. The first-order chi connectivity index (χ1) is 9.00. The van der Waals surface area contributed by atoms with Crippen molar-refractivity contribution in [1.82, 2.24) is 15.1 Å². The van der Waals surface area contributed by atoms with Crippen molar-refractivity contribution in [1.29, 1.82) is 0 Å². The van der Waals surface area contributed by atoms with Gasteiger partial charge in [-0.3, -0.25) is 9.89 Å². The molecule has 0 saturated heterocycles. The first kappa shape index (κ1) is 13.4. The van der Waals surface area contributed by atoms with E-state index in [2.05, 4.69) is 10.2 Å². The second-order valence-corrected chi connectivity index (χ2v) is 4.77. The van der Waals surface area contributed by atoms with Gasteiger partial charge in [-0.05, 0) is 18.6 Å². The number of amides is 1. The summed E-state index contributed by atoms with van der Waals surface area (Å²) in [6.07, 6.45) is 0. The molecule has 19 heavy (non-hydrogen) atoms. The molecule has 2 aromatic rings. The molecule has 1 heterocycles. The second-order valence-electron chi connectivity index (χ2n) is 4.36. The van der Waals surface area contributed by atoms with Crippen molar-refractivity contribution in [3.8, 4) is 0 Å². The standard InChI is InChI=1S/C13H15ClN4O/c1-8-11(15)12(17-16-8)13(19)18(2)7-9-5-3-4-6-10(9)14/h3-6H,7,15H2,1-2H3,(H,16,17). The highest BCUT2D eigenvalue weighted by Crippen LogP contribution is 2.19. The van der Waals surface area contributed by atoms with Gasteiger partial charge in [0.1, 0.15) is 0 Å². The summed E-state index contributed by atoms with van der Waals surface area (Å²) < 4.78 is 0. The van der Waals surface area contributed by atoms with Crippen LogP contribution in [0.15, 0.2) is 24.3 Å². The molecule has 0 aliphatic heterocycles. The van der Waals surface area contributed by atoms with Gasteiger partial charge in [0.25, 0.3) is 5.91 Å². The van der Waals surface area contributed by atoms with E-state index in [4.69, 9.17) is 17.3 Å². The van der Waals surface area contributed by atoms with E-state index in [1.807, 2.05) is 18.2 Å². The average Bonchev–Trinajstić information content (AvgIpc) is 2.72. The first-order valence-electron chi connectivity index (χ1n) is 5.80. The number of carbonyl (C=O) groups is 1. The van der Waals surface area contributed by atoms with Crippen molar-refractivity contribution in [2.75, 3.05) is 12.8 Å². The van der Waals surface area contributed by atoms with Crippen LogP contribution >= 0.6 is 11.6 Å². The lowest BCUT2D eigenvalue weighted by Crippen LogP contribution is -2.27. The summed E-state index contributed by atoms with van der Waals surface area (Å²) in [5.41, 5.74) is 7.99. The monoisotopic (exact) mass is 278 g/mol. The average molecular weight is 279 g/mol. The number of nitrogens with one attached hydrogen (secondary N) is 1. The smallest absolute Gasteiger partial charge is 0.276 e. The van der Waals surface area contributed by atoms with Crippen LogP contribution in [0.1, 0.15) is 21.7 Å². The first-order valence-corrected chi connectivity index (χ1v) is 6.17. The van der Waals surface area contributed by atoms with Crippen molar-refractivity contribution in [3.63, 3.8) is 0 Å². The third-order valence-electron chi connectivity index (χ3n) is 2.91. The molecule has 6 heteroatoms. The molecule has 0 bridgehead atoms. The number of halogens is 1. The van der Waals surface area contributed by atoms with Crippen molar-refractivity contribution < 1.29 is 4.79 Å². The summed E-state index contributed by atoms with van der Waals surface area (Å²) in [5, 5.41) is 7.26. The minimum absolute atomic E-state index is 0.234. The van der Waals surface area contributed by atoms with Crippen molar-refractivity contribution >= 4 is 23.2 Å². The summed E-state index contributed by atoms with van der Waals surface area (Å²) >= 11 is 6.07. The number of anilines is 1. The molecule has 0 spiro atoms. The maximum atomic E-state index is 12.2. The number of H-pyrrole nitrogens is 1. The quantitative estimate of drug-likeness (QED) is 0.904. The summed E-state index contributed by atoms with van der Waals surface area (Å²) in [6.45, 7) is 2.18. The number of nitrogens with two attached hydrogens (primary N) is 1. The summed E-state index contributed by atoms with van der Waals surface area (Å²) in [6, 6.07) is 7.41. The lowest BCUT2D eigenvalue weighted by molar-refractivity contribution is 0.0780. The predicted octanol–water partition coefficient (Wildman–Crippen LogP) is 2.23. The van der Waals surface area contributed by atoms with E-state index in [-0.39, 0.29) is 11.6 Å². The SMILES string of the molecule is Cc1[nH]nc(C(=O)N(C)Cc2ccccc2Cl)c1N. The van der Waals surface area contributed by atoms with Crippen LogP contribution in [0.4, 0.5) is 5.69 Å². The Morgan fingerprint density at radius 1 is 1.47 bits per heavy atom. The molecule has 1 amide bonds. The Kier molecular flexibility index (Phi) is 3.76. The van der Waals surface area contributed by atoms with Gasteiger partial charge in [-0.15, -0.1) is 0 Å². The fourth-order valence-corrected chi connectivity index (χ4v) is 1.93. The van der Waals surface area contributed by atoms with Gasteiger partial charge in [0.15, 0.2) is 5.69 Å². The van der Waals surface area contributed by atoms with Gasteiger partial charge in [0.2, 0.25) is 0 Å². The second kappa shape index (κ2) is 5.32. The number of nitrogens with zero attached hydrogens (tertiary/aromatic N) is 2. The molecular weight excluding hydrogens is 264 g/mol. The number of aromatic amines is 1. The molecule has 3 N–H and O–H groups in total. The molecule has 0 unspecified atom stereocenters. The molecule has 2 rings (SSSR count). The van der Waals surface area contributed by atoms with E-state index in [0.717, 1.165) is 5.56 Å². The largest absolute Gasteiger partial charge is 0.395 e. The van der Waals surface area contributed by atoms with Crippen LogP contribution in [0.5, 0.6) is 0 Å². The number of rotatable bonds is 3. The van der Waals surface area contributed by atoms with Gasteiger partial charge < -0.3 is 10.6 Å². The van der Waals surface area contributed by atoms with E-state index in [1.54, 1.807) is 20.0 Å². The number of hydrogen-bond donors (Lipinski definition) is 2. The van der Waals surface area contributed by atoms with Gasteiger partial charge in [0.05, 0.1) is 11.4 Å². The molecule has 0 aliphatic carbocycles. The number of aromatic nitrogens is 2. The Morgan fingerprint density at radius 3 is 2.74 bits per heavy atom. The number of hydrogen-bond acceptors (Lipinski definition) is 3. The van der Waals surface area contributed by atoms with Crippen LogP contribution in [0, 0.1) is 6.92 Å². The van der Waals surface area contributed by atoms with Crippen LogP contribution in [-0.4, -0.2) is 28.1 Å². The zero-order valence-electron chi connectivity index (χ0n) is 10.8. The van der Waals surface area contributed by atoms with E-state index in [9.17, 15) is 4.79 Å². The summed E-state index contributed by atoms with van der Waals surface area (Å²) in [5.74, 6) is -0.234. The maximum absolute atomic E-state index is 12.2. The molecule has 0 radical (unpaired) electrons. The fourth-order valence-electron chi connectivity index (χ4n) is 1.74. The number of aryl methyl sites for hydroxylation is 1. The van der Waals surface area contributed by atoms with E-state index in [1.165, 1.54) is 4.90 Å². The normalized spacial score (nSPS) is 10.5. The van der Waals surface area contributed by atoms with Gasteiger partial charge >= 0.3 is 0 Å². The Hall–Kier alpha value is -2.01. The zero-order chi connectivity index (χ0) is 14.0. The molecule has 0 aliphatic rings. The lowest BCUT2D eigenvalue weighted by atomic mass is 10.2. The van der Waals surface area contributed by atoms with Gasteiger partial charge in [-0.1, -0.05) is 29.8 Å². The lowest BCUT2D eigenvalue weighted by Gasteiger charge is -2.17. The summed E-state index contributed by atoms with van der Waals surface area (Å²) in [4.78, 5) is 13.7. The van der Waals surface area contributed by atoms with Gasteiger partial charge in [0, 0.05) is 18.6 Å². The van der Waals surface area contributed by atoms with Crippen molar-refractivity contribution in [2.24, 2.45) is 0 Å². The molecule has 0 saturated carbocycles. The van der Waals surface area contributed by atoms with E-state index >= 15 is 0 Å². The molecule has 1 aromatic heterocycles. The number of benzene rings is 1. The van der Waals surface area contributed by atoms with Crippen LogP contribution < -0.4 is 5.73 Å². The molecular formula is C13H15ClN4O. The minimum atomic E-state index is -0.234. The van der Waals surface area contributed by atoms with Crippen LogP contribution in [0.25, 0.3) is 0 Å². The van der Waals surface area contributed by atoms with Gasteiger partial charge in [-0.2, -0.15) is 5.10 Å². The zero-order valence-corrected chi connectivity index (χ0v) is 11.5. The third-order valence-corrected chi connectivity index (χ3v) is 3.28. The molecule has 100 valence electrons. The molecule has 0 atom stereocenters. The Morgan fingerprint density at radius 2 is 2.16 bits per heavy atom. The highest BCUT2D eigenvalue weighted by atomic mass is 35.5. The Balaban J connectivity index is 2.17. The summed E-state index contributed by atoms with van der Waals surface area (Å²) in [7, 11) is 1.69. The van der Waals surface area contributed by atoms with Gasteiger partial charge in [-0.25, -0.2) is 0 Å². The minimum Gasteiger partial charge on any atom is -0.395 e. The number of carbonyl (C=O) groups excluding carboxylic acids is 1. The molecule has 0 fully saturated rings. The highest BCUT2D eigenvalue weighted by molar-refractivity contribution is 6.31. The topological polar surface area (TPSA) is 75.0 Å². The third kappa shape index (κ3) is 2.71. The highest BCUT2D eigenvalue weighted by Gasteiger charge is 2.19. The number of nitrogen functional groups attached to an aromatic ring is 1. The van der Waals surface area contributed by atoms with Crippen molar-refractivity contribution in [3.05, 3.63) is 46.2 Å². The van der Waals surface area contributed by atoms with Crippen LogP contribution in [0.2, 0.25) is 5.02 Å². The van der Waals surface area contributed by atoms with E-state index < -0.39 is 0 Å². The van der Waals surface area contributed by atoms with E-state index in [0.29, 0.717) is 22.9 Å². The van der Waals surface area contributed by atoms with Crippen LogP contribution in [0.3, 0.4) is 0 Å². The van der Waals surface area contributed by atoms with Crippen molar-refractivity contribution in [2.45, 2.75) is 13.5 Å². The van der Waals surface area contributed by atoms with Crippen LogP contribution in [-0.2, 0) is 6.54 Å². The Labute approximate surface area is 116 Å².